The van der Waals surface area contributed by atoms with Crippen molar-refractivity contribution in [1.82, 2.24) is 4.98 Å². The summed E-state index contributed by atoms with van der Waals surface area (Å²) in [5.74, 6) is -0.304. The summed E-state index contributed by atoms with van der Waals surface area (Å²) in [6, 6.07) is 3.45. The molecule has 0 bridgehead atoms. The van der Waals surface area contributed by atoms with E-state index in [1.807, 2.05) is 0 Å². The molecule has 5 heteroatoms. The third-order valence-corrected chi connectivity index (χ3v) is 3.06. The van der Waals surface area contributed by atoms with Crippen molar-refractivity contribution in [3.63, 3.8) is 0 Å². The van der Waals surface area contributed by atoms with Crippen LogP contribution in [0.5, 0.6) is 0 Å². The third kappa shape index (κ3) is 1.42. The van der Waals surface area contributed by atoms with Crippen LogP contribution in [0.4, 0.5) is 5.82 Å². The van der Waals surface area contributed by atoms with Crippen LogP contribution < -0.4 is 4.90 Å². The van der Waals surface area contributed by atoms with Crippen molar-refractivity contribution < 1.29 is 14.3 Å². The van der Waals surface area contributed by atoms with Gasteiger partial charge in [-0.25, -0.2) is 4.98 Å². The molecule has 0 spiro atoms. The third-order valence-electron chi connectivity index (χ3n) is 3.06. The van der Waals surface area contributed by atoms with Gasteiger partial charge in [-0.1, -0.05) is 6.07 Å². The number of rotatable bonds is 2. The number of nitrogens with zero attached hydrogens (tertiary/aromatic N) is 2. The number of amides is 1. The summed E-state index contributed by atoms with van der Waals surface area (Å²) in [7, 11) is 1.61. The average molecular weight is 234 g/mol. The first kappa shape index (κ1) is 11.6. The normalized spacial score (nSPS) is 22.5. The first-order chi connectivity index (χ1) is 8.03. The topological polar surface area (TPSA) is 59.5 Å². The largest absolute Gasteiger partial charge is 0.465 e. The van der Waals surface area contributed by atoms with E-state index in [0.29, 0.717) is 11.4 Å². The van der Waals surface area contributed by atoms with E-state index in [2.05, 4.69) is 4.98 Å². The van der Waals surface area contributed by atoms with E-state index in [1.54, 1.807) is 39.2 Å². The summed E-state index contributed by atoms with van der Waals surface area (Å²) < 4.78 is 4.99. The lowest BCUT2D eigenvalue weighted by Gasteiger charge is -2.20. The van der Waals surface area contributed by atoms with Gasteiger partial charge in [-0.2, -0.15) is 0 Å². The summed E-state index contributed by atoms with van der Waals surface area (Å²) >= 11 is 0. The van der Waals surface area contributed by atoms with Gasteiger partial charge in [0.15, 0.2) is 5.41 Å². The highest BCUT2D eigenvalue weighted by Gasteiger charge is 2.53. The van der Waals surface area contributed by atoms with Crippen LogP contribution in [0.1, 0.15) is 19.4 Å². The molecule has 0 saturated carbocycles. The Hall–Kier alpha value is -1.91. The fourth-order valence-corrected chi connectivity index (χ4v) is 2.07. The number of carbonyl (C=O) groups excluding carboxylic acids is 2. The van der Waals surface area contributed by atoms with Crippen molar-refractivity contribution in [2.24, 2.45) is 0 Å². The number of likely N-dealkylation sites (N-methyl/N-ethyl adjacent to an activating group) is 1. The highest BCUT2D eigenvalue weighted by molar-refractivity contribution is 6.19. The van der Waals surface area contributed by atoms with E-state index < -0.39 is 11.4 Å². The zero-order chi connectivity index (χ0) is 12.6. The van der Waals surface area contributed by atoms with Gasteiger partial charge < -0.3 is 4.74 Å². The SMILES string of the molecule is CCOC(=O)C1(C)C(=O)N(C)c2ncccc21. The van der Waals surface area contributed by atoms with Crippen molar-refractivity contribution >= 4 is 17.7 Å². The number of fused-ring (bicyclic) bond motifs is 1. The summed E-state index contributed by atoms with van der Waals surface area (Å²) in [5, 5.41) is 0. The maximum Gasteiger partial charge on any atom is 0.326 e. The molecule has 0 aliphatic carbocycles. The molecule has 17 heavy (non-hydrogen) atoms. The van der Waals surface area contributed by atoms with Gasteiger partial charge in [0.2, 0.25) is 5.91 Å². The molecule has 2 rings (SSSR count). The maximum absolute atomic E-state index is 12.2. The minimum atomic E-state index is -1.27. The molecule has 1 aromatic heterocycles. The van der Waals surface area contributed by atoms with Crippen molar-refractivity contribution in [3.8, 4) is 0 Å². The molecule has 90 valence electrons. The molecule has 1 unspecified atom stereocenters. The Morgan fingerprint density at radius 1 is 1.59 bits per heavy atom. The van der Waals surface area contributed by atoms with Crippen LogP contribution in [0.15, 0.2) is 18.3 Å². The minimum absolute atomic E-state index is 0.251. The summed E-state index contributed by atoms with van der Waals surface area (Å²) in [5.41, 5.74) is -0.667. The lowest BCUT2D eigenvalue weighted by molar-refractivity contribution is -0.152. The second-order valence-electron chi connectivity index (χ2n) is 4.08. The lowest BCUT2D eigenvalue weighted by Crippen LogP contribution is -2.43. The quantitative estimate of drug-likeness (QED) is 0.563. The molecule has 1 aromatic rings. The van der Waals surface area contributed by atoms with Gasteiger partial charge in [0.05, 0.1) is 6.61 Å². The van der Waals surface area contributed by atoms with Crippen LogP contribution in [0, 0.1) is 0 Å². The fourth-order valence-electron chi connectivity index (χ4n) is 2.07. The number of carbonyl (C=O) groups is 2. The molecule has 5 nitrogen and oxygen atoms in total. The first-order valence-corrected chi connectivity index (χ1v) is 5.44. The van der Waals surface area contributed by atoms with Crippen LogP contribution in [0.2, 0.25) is 0 Å². The monoisotopic (exact) mass is 234 g/mol. The molecule has 1 atom stereocenters. The molecular formula is C12H14N2O3. The molecule has 0 saturated heterocycles. The molecule has 0 N–H and O–H groups in total. The van der Waals surface area contributed by atoms with Crippen molar-refractivity contribution in [2.45, 2.75) is 19.3 Å². The Balaban J connectivity index is 2.55. The number of ether oxygens (including phenoxy) is 1. The van der Waals surface area contributed by atoms with Gasteiger partial charge in [-0.3, -0.25) is 14.5 Å². The zero-order valence-electron chi connectivity index (χ0n) is 10.1. The number of hydrogen-bond donors (Lipinski definition) is 0. The Morgan fingerprint density at radius 3 is 2.94 bits per heavy atom. The predicted molar refractivity (Wildman–Crippen MR) is 61.6 cm³/mol. The molecule has 0 aromatic carbocycles. The van der Waals surface area contributed by atoms with E-state index in [0.717, 1.165) is 0 Å². The van der Waals surface area contributed by atoms with Crippen LogP contribution in [0.3, 0.4) is 0 Å². The molecular weight excluding hydrogens is 220 g/mol. The van der Waals surface area contributed by atoms with Crippen LogP contribution in [0.25, 0.3) is 0 Å². The Labute approximate surface area is 99.4 Å². The standard InChI is InChI=1S/C12H14N2O3/c1-4-17-11(16)12(2)8-6-5-7-13-9(8)14(3)10(12)15/h5-7H,4H2,1-3H3. The van der Waals surface area contributed by atoms with E-state index in [9.17, 15) is 9.59 Å². The smallest absolute Gasteiger partial charge is 0.326 e. The van der Waals surface area contributed by atoms with Gasteiger partial charge in [0, 0.05) is 18.8 Å². The minimum Gasteiger partial charge on any atom is -0.465 e. The van der Waals surface area contributed by atoms with E-state index in [1.165, 1.54) is 4.90 Å². The first-order valence-electron chi connectivity index (χ1n) is 5.44. The Kier molecular flexibility index (Phi) is 2.61. The number of aromatic nitrogens is 1. The number of esters is 1. The van der Waals surface area contributed by atoms with E-state index in [-0.39, 0.29) is 12.5 Å². The maximum atomic E-state index is 12.2. The second kappa shape index (κ2) is 3.84. The van der Waals surface area contributed by atoms with Crippen LogP contribution in [-0.2, 0) is 19.7 Å². The molecule has 0 fully saturated rings. The van der Waals surface area contributed by atoms with Gasteiger partial charge in [0.25, 0.3) is 0 Å². The zero-order valence-corrected chi connectivity index (χ0v) is 10.1. The van der Waals surface area contributed by atoms with Crippen LogP contribution in [-0.4, -0.2) is 30.5 Å². The molecule has 0 radical (unpaired) electrons. The second-order valence-corrected chi connectivity index (χ2v) is 4.08. The van der Waals surface area contributed by atoms with Crippen molar-refractivity contribution in [2.75, 3.05) is 18.6 Å². The van der Waals surface area contributed by atoms with Gasteiger partial charge in [-0.15, -0.1) is 0 Å². The number of pyridine rings is 1. The highest BCUT2D eigenvalue weighted by Crippen LogP contribution is 2.40. The summed E-state index contributed by atoms with van der Waals surface area (Å²) in [6.07, 6.45) is 1.60. The van der Waals surface area contributed by atoms with Gasteiger partial charge >= 0.3 is 5.97 Å². The van der Waals surface area contributed by atoms with E-state index >= 15 is 0 Å². The van der Waals surface area contributed by atoms with Crippen molar-refractivity contribution in [3.05, 3.63) is 23.9 Å². The molecule has 1 amide bonds. The molecule has 1 aliphatic heterocycles. The fraction of sp³-hybridized carbons (Fsp3) is 0.417. The highest BCUT2D eigenvalue weighted by atomic mass is 16.5. The van der Waals surface area contributed by atoms with Crippen molar-refractivity contribution in [1.29, 1.82) is 0 Å². The summed E-state index contributed by atoms with van der Waals surface area (Å²) in [6.45, 7) is 3.55. The van der Waals surface area contributed by atoms with Gasteiger partial charge in [-0.05, 0) is 19.9 Å². The molecule has 2 heterocycles. The lowest BCUT2D eigenvalue weighted by atomic mass is 9.84. The van der Waals surface area contributed by atoms with Gasteiger partial charge in [0.1, 0.15) is 5.82 Å². The van der Waals surface area contributed by atoms with Crippen LogP contribution >= 0.6 is 0 Å². The predicted octanol–water partition coefficient (Wildman–Crippen LogP) is 0.879. The number of anilines is 1. The average Bonchev–Trinajstić information content (AvgIpc) is 2.54. The Morgan fingerprint density at radius 2 is 2.29 bits per heavy atom. The molecule has 1 aliphatic rings. The van der Waals surface area contributed by atoms with E-state index in [4.69, 9.17) is 4.74 Å². The number of hydrogen-bond acceptors (Lipinski definition) is 4. The Bertz CT molecular complexity index is 486. The summed E-state index contributed by atoms with van der Waals surface area (Å²) in [4.78, 5) is 29.7.